The highest BCUT2D eigenvalue weighted by molar-refractivity contribution is 7.20. The number of nitrogens with zero attached hydrogens (tertiary/aromatic N) is 1. The Hall–Kier alpha value is -1.52. The number of phenols is 2. The van der Waals surface area contributed by atoms with Gasteiger partial charge in [0.15, 0.2) is 0 Å². The molecule has 0 bridgehead atoms. The van der Waals surface area contributed by atoms with Crippen molar-refractivity contribution in [2.24, 2.45) is 0 Å². The normalized spacial score (nSPS) is 15.1. The minimum absolute atomic E-state index is 0.0814. The third-order valence-electron chi connectivity index (χ3n) is 2.60. The highest BCUT2D eigenvalue weighted by Gasteiger charge is 2.16. The smallest absolute Gasteiger partial charge is 0.142 e. The lowest BCUT2D eigenvalue weighted by Gasteiger charge is -1.94. The van der Waals surface area contributed by atoms with Crippen molar-refractivity contribution in [3.63, 3.8) is 0 Å². The Balaban J connectivity index is 2.15. The molecule has 5 heteroatoms. The summed E-state index contributed by atoms with van der Waals surface area (Å²) in [6, 6.07) is 2.91. The summed E-state index contributed by atoms with van der Waals surface area (Å²) >= 11 is 7.26. The summed E-state index contributed by atoms with van der Waals surface area (Å²) in [5, 5.41) is 20.9. The van der Waals surface area contributed by atoms with Gasteiger partial charge in [0.1, 0.15) is 26.7 Å². The van der Waals surface area contributed by atoms with Gasteiger partial charge in [-0.05, 0) is 23.8 Å². The van der Waals surface area contributed by atoms with E-state index in [2.05, 4.69) is 4.98 Å². The van der Waals surface area contributed by atoms with Gasteiger partial charge in [-0.1, -0.05) is 17.7 Å². The maximum absolute atomic E-state index is 9.70. The van der Waals surface area contributed by atoms with Crippen molar-refractivity contribution in [1.29, 1.82) is 0 Å². The third-order valence-corrected chi connectivity index (χ3v) is 4.01. The average molecular weight is 266 g/mol. The Morgan fingerprint density at radius 2 is 1.94 bits per heavy atom. The van der Waals surface area contributed by atoms with Crippen LogP contribution in [0.5, 0.6) is 11.5 Å². The standard InChI is InChI=1S/C12H8ClNO2S/c13-7-2-1-6(5-7)12-14-10-8(15)3-4-9(16)11(10)17-12/h1-4,15-16H,5H2. The molecule has 2 aromatic rings. The molecular formula is C12H8ClNO2S. The third kappa shape index (κ3) is 1.69. The van der Waals surface area contributed by atoms with Gasteiger partial charge in [-0.25, -0.2) is 4.98 Å². The van der Waals surface area contributed by atoms with Gasteiger partial charge >= 0.3 is 0 Å². The van der Waals surface area contributed by atoms with Crippen molar-refractivity contribution in [2.75, 3.05) is 0 Å². The summed E-state index contributed by atoms with van der Waals surface area (Å²) in [6.45, 7) is 0. The molecule has 0 amide bonds. The van der Waals surface area contributed by atoms with Crippen molar-refractivity contribution >= 4 is 38.7 Å². The Labute approximate surface area is 106 Å². The number of phenolic OH excluding ortho intramolecular Hbond substituents is 2. The van der Waals surface area contributed by atoms with Crippen molar-refractivity contribution in [3.8, 4) is 11.5 Å². The predicted octanol–water partition coefficient (Wildman–Crippen LogP) is 3.62. The monoisotopic (exact) mass is 265 g/mol. The number of allylic oxidation sites excluding steroid dienone is 4. The molecule has 0 saturated heterocycles. The minimum Gasteiger partial charge on any atom is -0.506 e. The first-order chi connectivity index (χ1) is 8.15. The lowest BCUT2D eigenvalue weighted by molar-refractivity contribution is 0.469. The highest BCUT2D eigenvalue weighted by atomic mass is 35.5. The number of halogens is 1. The molecule has 1 heterocycles. The van der Waals surface area contributed by atoms with Crippen LogP contribution in [0.4, 0.5) is 0 Å². The summed E-state index contributed by atoms with van der Waals surface area (Å²) in [4.78, 5) is 4.34. The minimum atomic E-state index is 0.0814. The molecule has 0 aliphatic heterocycles. The molecular weight excluding hydrogens is 258 g/mol. The van der Waals surface area contributed by atoms with Crippen LogP contribution in [0.15, 0.2) is 29.3 Å². The second-order valence-electron chi connectivity index (χ2n) is 3.78. The summed E-state index contributed by atoms with van der Waals surface area (Å²) < 4.78 is 0.601. The molecule has 0 saturated carbocycles. The molecule has 0 radical (unpaired) electrons. The summed E-state index contributed by atoms with van der Waals surface area (Å²) in [5.74, 6) is 0.220. The van der Waals surface area contributed by atoms with Crippen LogP contribution in [-0.4, -0.2) is 15.2 Å². The molecule has 3 nitrogen and oxygen atoms in total. The van der Waals surface area contributed by atoms with Gasteiger partial charge in [0.2, 0.25) is 0 Å². The van der Waals surface area contributed by atoms with Crippen LogP contribution in [0.25, 0.3) is 15.8 Å². The van der Waals surface area contributed by atoms with E-state index in [1.807, 2.05) is 12.2 Å². The van der Waals surface area contributed by atoms with E-state index in [4.69, 9.17) is 11.6 Å². The van der Waals surface area contributed by atoms with Gasteiger partial charge in [0.25, 0.3) is 0 Å². The largest absolute Gasteiger partial charge is 0.506 e. The fraction of sp³-hybridized carbons (Fsp3) is 0.0833. The fourth-order valence-electron chi connectivity index (χ4n) is 1.75. The zero-order valence-corrected chi connectivity index (χ0v) is 10.2. The molecule has 1 aliphatic carbocycles. The maximum atomic E-state index is 9.70. The van der Waals surface area contributed by atoms with Crippen LogP contribution >= 0.6 is 22.9 Å². The molecule has 0 spiro atoms. The number of aromatic nitrogens is 1. The van der Waals surface area contributed by atoms with Gasteiger partial charge in [-0.15, -0.1) is 11.3 Å². The van der Waals surface area contributed by atoms with E-state index in [9.17, 15) is 10.2 Å². The van der Waals surface area contributed by atoms with Crippen LogP contribution in [0.1, 0.15) is 11.4 Å². The molecule has 0 fully saturated rings. The van der Waals surface area contributed by atoms with E-state index in [-0.39, 0.29) is 11.5 Å². The quantitative estimate of drug-likeness (QED) is 0.775. The number of benzene rings is 1. The fourth-order valence-corrected chi connectivity index (χ4v) is 2.98. The Morgan fingerprint density at radius 3 is 2.59 bits per heavy atom. The van der Waals surface area contributed by atoms with Crippen LogP contribution in [0.2, 0.25) is 0 Å². The van der Waals surface area contributed by atoms with Gasteiger partial charge in [-0.3, -0.25) is 0 Å². The van der Waals surface area contributed by atoms with Crippen LogP contribution in [0, 0.1) is 0 Å². The lowest BCUT2D eigenvalue weighted by Crippen LogP contribution is -1.79. The first-order valence-electron chi connectivity index (χ1n) is 5.02. The molecule has 86 valence electrons. The number of rotatable bonds is 1. The molecule has 1 aromatic heterocycles. The van der Waals surface area contributed by atoms with E-state index < -0.39 is 0 Å². The topological polar surface area (TPSA) is 53.4 Å². The molecule has 1 aromatic carbocycles. The van der Waals surface area contributed by atoms with Crippen LogP contribution in [0.3, 0.4) is 0 Å². The molecule has 17 heavy (non-hydrogen) atoms. The van der Waals surface area contributed by atoms with E-state index in [1.54, 1.807) is 0 Å². The Morgan fingerprint density at radius 1 is 1.18 bits per heavy atom. The second-order valence-corrected chi connectivity index (χ2v) is 5.27. The Bertz CT molecular complexity index is 633. The van der Waals surface area contributed by atoms with Crippen molar-refractivity contribution in [3.05, 3.63) is 34.3 Å². The van der Waals surface area contributed by atoms with E-state index in [0.717, 1.165) is 15.6 Å². The van der Waals surface area contributed by atoms with Crippen LogP contribution < -0.4 is 0 Å². The van der Waals surface area contributed by atoms with Gasteiger partial charge < -0.3 is 10.2 Å². The number of hydrogen-bond acceptors (Lipinski definition) is 4. The molecule has 1 aliphatic rings. The van der Waals surface area contributed by atoms with Gasteiger partial charge in [0.05, 0.1) is 0 Å². The molecule has 0 atom stereocenters. The van der Waals surface area contributed by atoms with Gasteiger partial charge in [-0.2, -0.15) is 0 Å². The first-order valence-corrected chi connectivity index (χ1v) is 6.21. The summed E-state index contributed by atoms with van der Waals surface area (Å²) in [6.07, 6.45) is 4.40. The zero-order chi connectivity index (χ0) is 12.0. The number of aromatic hydroxyl groups is 2. The lowest BCUT2D eigenvalue weighted by atomic mass is 10.2. The molecule has 2 N–H and O–H groups in total. The predicted molar refractivity (Wildman–Crippen MR) is 69.5 cm³/mol. The second kappa shape index (κ2) is 3.75. The van der Waals surface area contributed by atoms with Crippen LogP contribution in [-0.2, 0) is 0 Å². The van der Waals surface area contributed by atoms with E-state index >= 15 is 0 Å². The van der Waals surface area contributed by atoms with E-state index in [1.165, 1.54) is 23.5 Å². The summed E-state index contributed by atoms with van der Waals surface area (Å²) in [7, 11) is 0. The number of thiazole rings is 1. The van der Waals surface area contributed by atoms with E-state index in [0.29, 0.717) is 16.6 Å². The van der Waals surface area contributed by atoms with Crippen molar-refractivity contribution < 1.29 is 10.2 Å². The number of hydrogen-bond donors (Lipinski definition) is 2. The number of fused-ring (bicyclic) bond motifs is 1. The highest BCUT2D eigenvalue weighted by Crippen LogP contribution is 2.40. The summed E-state index contributed by atoms with van der Waals surface area (Å²) in [5.41, 5.74) is 1.45. The maximum Gasteiger partial charge on any atom is 0.142 e. The van der Waals surface area contributed by atoms with Crippen molar-refractivity contribution in [2.45, 2.75) is 6.42 Å². The van der Waals surface area contributed by atoms with Gasteiger partial charge in [0, 0.05) is 11.5 Å². The average Bonchev–Trinajstić information content (AvgIpc) is 2.90. The Kier molecular flexibility index (Phi) is 2.34. The zero-order valence-electron chi connectivity index (χ0n) is 8.64. The van der Waals surface area contributed by atoms with Crippen molar-refractivity contribution in [1.82, 2.24) is 4.98 Å². The SMILES string of the molecule is Oc1ccc(O)c2sc(C3=CC=C(Cl)C3)nc12. The molecule has 0 unspecified atom stereocenters. The molecule has 3 rings (SSSR count). The first kappa shape index (κ1) is 10.6.